The monoisotopic (exact) mass is 426 g/mol. The summed E-state index contributed by atoms with van der Waals surface area (Å²) in [5.74, 6) is 1.73. The van der Waals surface area contributed by atoms with Crippen molar-refractivity contribution in [2.75, 3.05) is 31.1 Å². The van der Waals surface area contributed by atoms with Crippen molar-refractivity contribution in [3.8, 4) is 0 Å². The molecule has 1 aliphatic carbocycles. The first kappa shape index (κ1) is 18.8. The van der Waals surface area contributed by atoms with E-state index in [4.69, 9.17) is 11.6 Å². The zero-order valence-corrected chi connectivity index (χ0v) is 17.9. The molecule has 2 fully saturated rings. The molecule has 1 amide bonds. The Bertz CT molecular complexity index is 1050. The van der Waals surface area contributed by atoms with Crippen LogP contribution in [0.3, 0.4) is 0 Å². The minimum Gasteiger partial charge on any atom is -0.352 e. The van der Waals surface area contributed by atoms with E-state index in [9.17, 15) is 4.79 Å². The van der Waals surface area contributed by atoms with E-state index in [2.05, 4.69) is 52.1 Å². The number of halogens is 1. The van der Waals surface area contributed by atoms with Gasteiger partial charge in [0.1, 0.15) is 10.6 Å². The maximum absolute atomic E-state index is 13.0. The predicted molar refractivity (Wildman–Crippen MR) is 118 cm³/mol. The number of aromatic nitrogens is 2. The third-order valence-electron chi connectivity index (χ3n) is 5.97. The topological polar surface area (TPSA) is 49.3 Å². The van der Waals surface area contributed by atoms with Crippen LogP contribution >= 0.6 is 22.9 Å². The van der Waals surface area contributed by atoms with Crippen molar-refractivity contribution in [1.29, 1.82) is 0 Å². The van der Waals surface area contributed by atoms with Gasteiger partial charge < -0.3 is 9.80 Å². The molecule has 2 aromatic heterocycles. The van der Waals surface area contributed by atoms with Gasteiger partial charge in [-0.2, -0.15) is 4.98 Å². The van der Waals surface area contributed by atoms with Crippen molar-refractivity contribution in [2.24, 2.45) is 5.92 Å². The van der Waals surface area contributed by atoms with Crippen molar-refractivity contribution < 1.29 is 4.79 Å². The molecule has 1 aliphatic heterocycles. The molecule has 5 nitrogen and oxygen atoms in total. The van der Waals surface area contributed by atoms with Gasteiger partial charge in [-0.1, -0.05) is 37.3 Å². The Morgan fingerprint density at radius 1 is 1.17 bits per heavy atom. The number of piperazine rings is 1. The SMILES string of the molecule is CCc1cc2c(N3CCN(C(=O)C4CC4c4ccccc4)CC3)nc(Cl)nc2s1. The molecule has 7 heteroatoms. The summed E-state index contributed by atoms with van der Waals surface area (Å²) in [5.41, 5.74) is 1.28. The minimum absolute atomic E-state index is 0.146. The average molecular weight is 427 g/mol. The highest BCUT2D eigenvalue weighted by atomic mass is 35.5. The number of carbonyl (C=O) groups is 1. The van der Waals surface area contributed by atoms with Crippen molar-refractivity contribution in [3.05, 3.63) is 52.1 Å². The van der Waals surface area contributed by atoms with E-state index in [1.165, 1.54) is 10.4 Å². The molecule has 0 bridgehead atoms. The van der Waals surface area contributed by atoms with Gasteiger partial charge in [0, 0.05) is 37.0 Å². The second kappa shape index (κ2) is 7.58. The smallest absolute Gasteiger partial charge is 0.226 e. The third-order valence-corrected chi connectivity index (χ3v) is 7.31. The molecule has 150 valence electrons. The van der Waals surface area contributed by atoms with Gasteiger partial charge in [0.25, 0.3) is 0 Å². The number of thiophene rings is 1. The van der Waals surface area contributed by atoms with Crippen LogP contribution < -0.4 is 4.90 Å². The van der Waals surface area contributed by atoms with Crippen LogP contribution in [0.5, 0.6) is 0 Å². The summed E-state index contributed by atoms with van der Waals surface area (Å²) >= 11 is 7.87. The first-order valence-corrected chi connectivity index (χ1v) is 11.4. The Balaban J connectivity index is 1.27. The molecule has 1 saturated carbocycles. The predicted octanol–water partition coefficient (Wildman–Crippen LogP) is 4.36. The molecule has 0 radical (unpaired) electrons. The van der Waals surface area contributed by atoms with E-state index < -0.39 is 0 Å². The Labute approximate surface area is 179 Å². The lowest BCUT2D eigenvalue weighted by Gasteiger charge is -2.35. The average Bonchev–Trinajstić information content (AvgIpc) is 3.45. The van der Waals surface area contributed by atoms with E-state index >= 15 is 0 Å². The fourth-order valence-electron chi connectivity index (χ4n) is 4.26. The molecule has 2 atom stereocenters. The summed E-state index contributed by atoms with van der Waals surface area (Å²) in [6.45, 7) is 5.14. The van der Waals surface area contributed by atoms with Gasteiger partial charge >= 0.3 is 0 Å². The van der Waals surface area contributed by atoms with Crippen LogP contribution in [-0.2, 0) is 11.2 Å². The Morgan fingerprint density at radius 3 is 2.66 bits per heavy atom. The van der Waals surface area contributed by atoms with Crippen LogP contribution in [0.1, 0.15) is 29.7 Å². The number of hydrogen-bond donors (Lipinski definition) is 0. The van der Waals surface area contributed by atoms with Gasteiger partial charge in [-0.25, -0.2) is 4.98 Å². The van der Waals surface area contributed by atoms with E-state index in [-0.39, 0.29) is 5.92 Å². The highest BCUT2D eigenvalue weighted by Crippen LogP contribution is 2.48. The van der Waals surface area contributed by atoms with Crippen molar-refractivity contribution >= 4 is 44.9 Å². The van der Waals surface area contributed by atoms with E-state index in [0.29, 0.717) is 17.1 Å². The summed E-state index contributed by atoms with van der Waals surface area (Å²) < 4.78 is 0. The molecule has 5 rings (SSSR count). The van der Waals surface area contributed by atoms with E-state index in [0.717, 1.165) is 55.1 Å². The summed E-state index contributed by atoms with van der Waals surface area (Å²) in [6.07, 6.45) is 1.95. The first-order chi connectivity index (χ1) is 14.1. The summed E-state index contributed by atoms with van der Waals surface area (Å²) in [7, 11) is 0. The van der Waals surface area contributed by atoms with Gasteiger partial charge in [0.2, 0.25) is 11.2 Å². The lowest BCUT2D eigenvalue weighted by atomic mass is 10.1. The highest BCUT2D eigenvalue weighted by molar-refractivity contribution is 7.18. The van der Waals surface area contributed by atoms with Crippen LogP contribution in [0.4, 0.5) is 5.82 Å². The molecule has 2 aliphatic rings. The van der Waals surface area contributed by atoms with Gasteiger partial charge in [-0.3, -0.25) is 4.79 Å². The Hall–Kier alpha value is -2.18. The minimum atomic E-state index is 0.146. The lowest BCUT2D eigenvalue weighted by Crippen LogP contribution is -2.49. The van der Waals surface area contributed by atoms with Gasteiger partial charge in [-0.15, -0.1) is 11.3 Å². The van der Waals surface area contributed by atoms with Crippen LogP contribution in [-0.4, -0.2) is 47.0 Å². The lowest BCUT2D eigenvalue weighted by molar-refractivity contribution is -0.132. The van der Waals surface area contributed by atoms with Gasteiger partial charge in [0.05, 0.1) is 5.39 Å². The molecule has 2 unspecified atom stereocenters. The summed E-state index contributed by atoms with van der Waals surface area (Å²) in [4.78, 5) is 28.4. The number of hydrogen-bond acceptors (Lipinski definition) is 5. The van der Waals surface area contributed by atoms with E-state index in [1.54, 1.807) is 11.3 Å². The van der Waals surface area contributed by atoms with Gasteiger partial charge in [0.15, 0.2) is 0 Å². The molecule has 0 N–H and O–H groups in total. The summed E-state index contributed by atoms with van der Waals surface area (Å²) in [5, 5.41) is 1.36. The molecule has 1 aromatic carbocycles. The maximum atomic E-state index is 13.0. The van der Waals surface area contributed by atoms with Crippen LogP contribution in [0.2, 0.25) is 5.28 Å². The molecular formula is C22H23ClN4OS. The number of fused-ring (bicyclic) bond motifs is 1. The van der Waals surface area contributed by atoms with Gasteiger partial charge in [-0.05, 0) is 42.0 Å². The molecule has 3 aromatic rings. The normalized spacial score (nSPS) is 21.6. The van der Waals surface area contributed by atoms with Crippen LogP contribution in [0.25, 0.3) is 10.2 Å². The quantitative estimate of drug-likeness (QED) is 0.581. The fraction of sp³-hybridized carbons (Fsp3) is 0.409. The first-order valence-electron chi connectivity index (χ1n) is 10.2. The van der Waals surface area contributed by atoms with Crippen molar-refractivity contribution in [3.63, 3.8) is 0 Å². The Kier molecular flexibility index (Phi) is 4.92. The van der Waals surface area contributed by atoms with Crippen LogP contribution in [0, 0.1) is 5.92 Å². The molecule has 1 saturated heterocycles. The number of carbonyl (C=O) groups excluding carboxylic acids is 1. The van der Waals surface area contributed by atoms with Crippen molar-refractivity contribution in [2.45, 2.75) is 25.7 Å². The Morgan fingerprint density at radius 2 is 1.93 bits per heavy atom. The number of nitrogens with zero attached hydrogens (tertiary/aromatic N) is 4. The number of amides is 1. The molecule has 0 spiro atoms. The molecule has 3 heterocycles. The second-order valence-corrected chi connectivity index (χ2v) is 9.23. The zero-order chi connectivity index (χ0) is 20.0. The fourth-order valence-corrected chi connectivity index (χ4v) is 5.43. The standard InChI is InChI=1S/C22H23ClN4OS/c1-2-15-12-18-19(24-22(23)25-20(18)29-15)26-8-10-27(11-9-26)21(28)17-13-16(17)14-6-4-3-5-7-14/h3-7,12,16-17H,2,8-11,13H2,1H3. The number of anilines is 1. The maximum Gasteiger partial charge on any atom is 0.226 e. The number of rotatable bonds is 4. The largest absolute Gasteiger partial charge is 0.352 e. The second-order valence-electron chi connectivity index (χ2n) is 7.77. The number of aryl methyl sites for hydroxylation is 1. The third kappa shape index (κ3) is 3.60. The molecule has 29 heavy (non-hydrogen) atoms. The summed E-state index contributed by atoms with van der Waals surface area (Å²) in [6, 6.07) is 12.6. The van der Waals surface area contributed by atoms with Crippen LogP contribution in [0.15, 0.2) is 36.4 Å². The molecular weight excluding hydrogens is 404 g/mol. The number of benzene rings is 1. The van der Waals surface area contributed by atoms with Crippen molar-refractivity contribution in [1.82, 2.24) is 14.9 Å². The highest BCUT2D eigenvalue weighted by Gasteiger charge is 2.46. The van der Waals surface area contributed by atoms with E-state index in [1.807, 2.05) is 11.0 Å². The zero-order valence-electron chi connectivity index (χ0n) is 16.3.